The monoisotopic (exact) mass is 321 g/mol. The zero-order valence-corrected chi connectivity index (χ0v) is 13.9. The van der Waals surface area contributed by atoms with Crippen molar-refractivity contribution in [3.8, 4) is 0 Å². The second-order valence-electron chi connectivity index (χ2n) is 6.16. The maximum atomic E-state index is 12.4. The lowest BCUT2D eigenvalue weighted by molar-refractivity contribution is -0.137. The Morgan fingerprint density at radius 3 is 2.77 bits per heavy atom. The van der Waals surface area contributed by atoms with Crippen LogP contribution in [0.5, 0.6) is 0 Å². The van der Waals surface area contributed by atoms with Crippen LogP contribution in [0.2, 0.25) is 0 Å². The molecule has 1 fully saturated rings. The number of carbonyl (C=O) groups excluding carboxylic acids is 2. The molecular weight excluding hydrogens is 298 g/mol. The minimum atomic E-state index is -0.425. The number of anilines is 1. The maximum Gasteiger partial charge on any atom is 0.248 e. The SMILES string of the molecule is C[C@@H](C(=O)Nc1nc2c(s1)CCCC2)N1CCCCCC1=O. The van der Waals surface area contributed by atoms with Crippen molar-refractivity contribution in [2.24, 2.45) is 0 Å². The van der Waals surface area contributed by atoms with Crippen LogP contribution in [0.1, 0.15) is 56.0 Å². The Morgan fingerprint density at radius 2 is 1.95 bits per heavy atom. The largest absolute Gasteiger partial charge is 0.331 e. The Hall–Kier alpha value is -1.43. The number of nitrogens with zero attached hydrogens (tertiary/aromatic N) is 2. The fraction of sp³-hybridized carbons (Fsp3) is 0.688. The number of hydrogen-bond donors (Lipinski definition) is 1. The van der Waals surface area contributed by atoms with Crippen molar-refractivity contribution < 1.29 is 9.59 Å². The van der Waals surface area contributed by atoms with Crippen LogP contribution in [0.4, 0.5) is 5.13 Å². The highest BCUT2D eigenvalue weighted by molar-refractivity contribution is 7.15. The number of fused-ring (bicyclic) bond motifs is 1. The van der Waals surface area contributed by atoms with Crippen LogP contribution >= 0.6 is 11.3 Å². The van der Waals surface area contributed by atoms with Gasteiger partial charge in [0, 0.05) is 17.8 Å². The van der Waals surface area contributed by atoms with Gasteiger partial charge in [0.1, 0.15) is 6.04 Å². The molecule has 1 aliphatic heterocycles. The lowest BCUT2D eigenvalue weighted by Gasteiger charge is -2.26. The number of aryl methyl sites for hydroxylation is 2. The number of likely N-dealkylation sites (tertiary alicyclic amines) is 1. The molecular formula is C16H23N3O2S. The van der Waals surface area contributed by atoms with Crippen LogP contribution in [0, 0.1) is 0 Å². The number of amides is 2. The Bertz CT molecular complexity index is 546. The third-order valence-electron chi connectivity index (χ3n) is 4.53. The predicted octanol–water partition coefficient (Wildman–Crippen LogP) is 2.75. The highest BCUT2D eigenvalue weighted by atomic mass is 32.1. The summed E-state index contributed by atoms with van der Waals surface area (Å²) in [6.45, 7) is 2.49. The van der Waals surface area contributed by atoms with E-state index in [0.29, 0.717) is 18.1 Å². The second-order valence-corrected chi connectivity index (χ2v) is 7.24. The van der Waals surface area contributed by atoms with E-state index in [0.717, 1.165) is 37.8 Å². The molecule has 1 N–H and O–H groups in total. The van der Waals surface area contributed by atoms with Crippen LogP contribution in [0.25, 0.3) is 0 Å². The van der Waals surface area contributed by atoms with Gasteiger partial charge in [-0.25, -0.2) is 4.98 Å². The molecule has 2 amide bonds. The molecule has 1 aromatic rings. The summed E-state index contributed by atoms with van der Waals surface area (Å²) in [5, 5.41) is 3.60. The van der Waals surface area contributed by atoms with E-state index < -0.39 is 6.04 Å². The molecule has 1 atom stereocenters. The van der Waals surface area contributed by atoms with Crippen molar-refractivity contribution in [2.45, 2.75) is 64.3 Å². The molecule has 0 saturated carbocycles. The van der Waals surface area contributed by atoms with E-state index in [2.05, 4.69) is 10.3 Å². The first-order valence-electron chi connectivity index (χ1n) is 8.24. The van der Waals surface area contributed by atoms with Gasteiger partial charge in [-0.2, -0.15) is 0 Å². The van der Waals surface area contributed by atoms with Crippen molar-refractivity contribution in [2.75, 3.05) is 11.9 Å². The van der Waals surface area contributed by atoms with Crippen LogP contribution in [0.3, 0.4) is 0 Å². The Morgan fingerprint density at radius 1 is 1.18 bits per heavy atom. The normalized spacial score (nSPS) is 20.2. The molecule has 1 aromatic heterocycles. The topological polar surface area (TPSA) is 62.3 Å². The van der Waals surface area contributed by atoms with E-state index in [1.165, 1.54) is 17.7 Å². The predicted molar refractivity (Wildman–Crippen MR) is 87.0 cm³/mol. The quantitative estimate of drug-likeness (QED) is 0.931. The molecule has 120 valence electrons. The van der Waals surface area contributed by atoms with E-state index in [1.807, 2.05) is 6.92 Å². The number of thiazole rings is 1. The fourth-order valence-corrected chi connectivity index (χ4v) is 4.22. The molecule has 22 heavy (non-hydrogen) atoms. The van der Waals surface area contributed by atoms with E-state index in [1.54, 1.807) is 16.2 Å². The third-order valence-corrected chi connectivity index (χ3v) is 5.61. The average Bonchev–Trinajstić information content (AvgIpc) is 2.79. The zero-order chi connectivity index (χ0) is 15.5. The van der Waals surface area contributed by atoms with E-state index in [9.17, 15) is 9.59 Å². The van der Waals surface area contributed by atoms with Crippen LogP contribution in [0.15, 0.2) is 0 Å². The van der Waals surface area contributed by atoms with Crippen molar-refractivity contribution in [1.29, 1.82) is 0 Å². The molecule has 5 nitrogen and oxygen atoms in total. The van der Waals surface area contributed by atoms with Crippen molar-refractivity contribution >= 4 is 28.3 Å². The first kappa shape index (κ1) is 15.5. The van der Waals surface area contributed by atoms with Gasteiger partial charge in [0.05, 0.1) is 5.69 Å². The smallest absolute Gasteiger partial charge is 0.248 e. The number of rotatable bonds is 3. The van der Waals surface area contributed by atoms with Gasteiger partial charge < -0.3 is 10.2 Å². The summed E-state index contributed by atoms with van der Waals surface area (Å²) < 4.78 is 0. The Balaban J connectivity index is 1.65. The molecule has 0 spiro atoms. The molecule has 0 bridgehead atoms. The first-order chi connectivity index (χ1) is 10.6. The van der Waals surface area contributed by atoms with E-state index >= 15 is 0 Å². The summed E-state index contributed by atoms with van der Waals surface area (Å²) in [4.78, 5) is 32.1. The zero-order valence-electron chi connectivity index (χ0n) is 13.1. The maximum absolute atomic E-state index is 12.4. The third kappa shape index (κ3) is 3.32. The number of carbonyl (C=O) groups is 2. The van der Waals surface area contributed by atoms with Gasteiger partial charge in [-0.1, -0.05) is 6.42 Å². The van der Waals surface area contributed by atoms with Crippen molar-refractivity contribution in [3.05, 3.63) is 10.6 Å². The molecule has 2 aliphatic rings. The second kappa shape index (κ2) is 6.77. The molecule has 1 aliphatic carbocycles. The number of aromatic nitrogens is 1. The summed E-state index contributed by atoms with van der Waals surface area (Å²) >= 11 is 1.59. The minimum absolute atomic E-state index is 0.0959. The lowest BCUT2D eigenvalue weighted by Crippen LogP contribution is -2.45. The van der Waals surface area contributed by atoms with Crippen LogP contribution in [-0.4, -0.2) is 34.3 Å². The summed E-state index contributed by atoms with van der Waals surface area (Å²) in [6.07, 6.45) is 8.02. The van der Waals surface area contributed by atoms with Crippen LogP contribution < -0.4 is 5.32 Å². The standard InChI is InChI=1S/C16H23N3O2S/c1-11(19-10-6-2-3-9-14(19)20)15(21)18-16-17-12-7-4-5-8-13(12)22-16/h11H,2-10H2,1H3,(H,17,18,21)/t11-/m0/s1. The summed E-state index contributed by atoms with van der Waals surface area (Å²) in [5.41, 5.74) is 1.14. The van der Waals surface area contributed by atoms with Gasteiger partial charge in [0.2, 0.25) is 11.8 Å². The molecule has 2 heterocycles. The van der Waals surface area contributed by atoms with Gasteiger partial charge in [-0.05, 0) is 45.4 Å². The van der Waals surface area contributed by atoms with Gasteiger partial charge in [0.25, 0.3) is 0 Å². The lowest BCUT2D eigenvalue weighted by atomic mass is 10.0. The molecule has 3 rings (SSSR count). The highest BCUT2D eigenvalue weighted by Crippen LogP contribution is 2.29. The van der Waals surface area contributed by atoms with Gasteiger partial charge in [-0.15, -0.1) is 11.3 Å². The van der Waals surface area contributed by atoms with E-state index in [4.69, 9.17) is 0 Å². The van der Waals surface area contributed by atoms with Gasteiger partial charge in [0.15, 0.2) is 5.13 Å². The molecule has 0 unspecified atom stereocenters. The van der Waals surface area contributed by atoms with Crippen molar-refractivity contribution in [3.63, 3.8) is 0 Å². The first-order valence-corrected chi connectivity index (χ1v) is 9.05. The molecule has 1 saturated heterocycles. The highest BCUT2D eigenvalue weighted by Gasteiger charge is 2.27. The van der Waals surface area contributed by atoms with Crippen molar-refractivity contribution in [1.82, 2.24) is 9.88 Å². The van der Waals surface area contributed by atoms with E-state index in [-0.39, 0.29) is 11.8 Å². The Kier molecular flexibility index (Phi) is 4.76. The summed E-state index contributed by atoms with van der Waals surface area (Å²) in [5.74, 6) is -0.0278. The Labute approximate surface area is 135 Å². The summed E-state index contributed by atoms with van der Waals surface area (Å²) in [6, 6.07) is -0.425. The molecule has 6 heteroatoms. The fourth-order valence-electron chi connectivity index (χ4n) is 3.17. The molecule has 0 radical (unpaired) electrons. The molecule has 0 aromatic carbocycles. The number of nitrogens with one attached hydrogen (secondary N) is 1. The van der Waals surface area contributed by atoms with Gasteiger partial charge in [-0.3, -0.25) is 9.59 Å². The van der Waals surface area contributed by atoms with Gasteiger partial charge >= 0.3 is 0 Å². The van der Waals surface area contributed by atoms with Crippen LogP contribution in [-0.2, 0) is 22.4 Å². The summed E-state index contributed by atoms with van der Waals surface area (Å²) in [7, 11) is 0. The average molecular weight is 321 g/mol. The number of hydrogen-bond acceptors (Lipinski definition) is 4. The minimum Gasteiger partial charge on any atom is -0.331 e.